The van der Waals surface area contributed by atoms with Crippen molar-refractivity contribution in [2.24, 2.45) is 0 Å². The number of imidazole rings is 1. The first-order chi connectivity index (χ1) is 9.25. The molecular weight excluding hydrogens is 244 g/mol. The van der Waals surface area contributed by atoms with E-state index in [1.165, 1.54) is 0 Å². The van der Waals surface area contributed by atoms with Gasteiger partial charge >= 0.3 is 0 Å². The molecule has 0 fully saturated rings. The van der Waals surface area contributed by atoms with E-state index < -0.39 is 0 Å². The van der Waals surface area contributed by atoms with Gasteiger partial charge in [-0.3, -0.25) is 9.78 Å². The average molecular weight is 258 g/mol. The minimum atomic E-state index is -0.0590. The second kappa shape index (κ2) is 4.72. The van der Waals surface area contributed by atoms with Crippen LogP contribution in [0.25, 0.3) is 11.4 Å². The molecule has 1 aliphatic rings. The summed E-state index contributed by atoms with van der Waals surface area (Å²) in [6.45, 7) is 1.19. The molecule has 2 bridgehead atoms. The van der Waals surface area contributed by atoms with E-state index in [-0.39, 0.29) is 5.91 Å². The molecule has 1 aliphatic heterocycles. The molecule has 0 aliphatic carbocycles. The molecule has 0 atom stereocenters. The van der Waals surface area contributed by atoms with Crippen LogP contribution in [0.1, 0.15) is 16.9 Å². The Morgan fingerprint density at radius 3 is 3.21 bits per heavy atom. The molecule has 3 rings (SSSR count). The second-order valence-corrected chi connectivity index (χ2v) is 4.45. The second-order valence-electron chi connectivity index (χ2n) is 4.45. The van der Waals surface area contributed by atoms with Crippen molar-refractivity contribution in [3.05, 3.63) is 30.4 Å². The van der Waals surface area contributed by atoms with E-state index in [1.807, 2.05) is 6.07 Å². The lowest BCUT2D eigenvalue weighted by Gasteiger charge is -2.15. The summed E-state index contributed by atoms with van der Waals surface area (Å²) in [7, 11) is 1.77. The molecule has 6 heteroatoms. The Morgan fingerprint density at radius 1 is 1.42 bits per heavy atom. The van der Waals surface area contributed by atoms with Crippen molar-refractivity contribution in [1.29, 1.82) is 0 Å². The van der Waals surface area contributed by atoms with Crippen LogP contribution in [0.2, 0.25) is 0 Å². The Morgan fingerprint density at radius 2 is 2.32 bits per heavy atom. The Labute approximate surface area is 110 Å². The molecule has 0 saturated carbocycles. The largest absolute Gasteiger partial charge is 0.491 e. The van der Waals surface area contributed by atoms with Gasteiger partial charge in [-0.1, -0.05) is 0 Å². The lowest BCUT2D eigenvalue weighted by Crippen LogP contribution is -2.28. The molecule has 98 valence electrons. The summed E-state index contributed by atoms with van der Waals surface area (Å²) in [5.74, 6) is 1.24. The summed E-state index contributed by atoms with van der Waals surface area (Å²) >= 11 is 0. The highest BCUT2D eigenvalue weighted by Gasteiger charge is 2.18. The highest BCUT2D eigenvalue weighted by atomic mass is 16.5. The van der Waals surface area contributed by atoms with Crippen molar-refractivity contribution >= 4 is 5.91 Å². The zero-order valence-electron chi connectivity index (χ0n) is 10.6. The number of hydrogen-bond donors (Lipinski definition) is 1. The molecule has 0 radical (unpaired) electrons. The van der Waals surface area contributed by atoms with Gasteiger partial charge in [0.2, 0.25) is 0 Å². The molecule has 0 saturated heterocycles. The number of ether oxygens (including phenoxy) is 1. The first-order valence-electron chi connectivity index (χ1n) is 6.13. The minimum absolute atomic E-state index is 0.0590. The van der Waals surface area contributed by atoms with Crippen LogP contribution in [-0.4, -0.2) is 46.0 Å². The maximum absolute atomic E-state index is 12.1. The highest BCUT2D eigenvalue weighted by molar-refractivity contribution is 5.92. The van der Waals surface area contributed by atoms with E-state index in [9.17, 15) is 4.79 Å². The SMILES string of the molecule is CN1CCCOc2cnccc2-c2ncc([nH]2)C1=O. The molecule has 1 amide bonds. The summed E-state index contributed by atoms with van der Waals surface area (Å²) in [4.78, 5) is 25.1. The van der Waals surface area contributed by atoms with Crippen LogP contribution >= 0.6 is 0 Å². The van der Waals surface area contributed by atoms with Gasteiger partial charge in [0.25, 0.3) is 5.91 Å². The summed E-state index contributed by atoms with van der Waals surface area (Å²) in [6, 6.07) is 1.82. The van der Waals surface area contributed by atoms with Crippen molar-refractivity contribution in [3.8, 4) is 17.1 Å². The van der Waals surface area contributed by atoms with Crippen molar-refractivity contribution in [2.45, 2.75) is 6.42 Å². The first-order valence-corrected chi connectivity index (χ1v) is 6.13. The van der Waals surface area contributed by atoms with Crippen LogP contribution in [0.4, 0.5) is 0 Å². The number of carbonyl (C=O) groups is 1. The fraction of sp³-hybridized carbons (Fsp3) is 0.308. The van der Waals surface area contributed by atoms with Crippen LogP contribution in [0.15, 0.2) is 24.7 Å². The van der Waals surface area contributed by atoms with Gasteiger partial charge < -0.3 is 14.6 Å². The number of carbonyl (C=O) groups excluding carboxylic acids is 1. The van der Waals surface area contributed by atoms with Gasteiger partial charge in [-0.25, -0.2) is 4.98 Å². The molecule has 2 aromatic heterocycles. The number of nitrogens with zero attached hydrogens (tertiary/aromatic N) is 3. The Bertz CT molecular complexity index is 608. The van der Waals surface area contributed by atoms with Gasteiger partial charge in [0.1, 0.15) is 17.3 Å². The molecule has 6 nitrogen and oxygen atoms in total. The third-order valence-electron chi connectivity index (χ3n) is 3.09. The van der Waals surface area contributed by atoms with Gasteiger partial charge in [-0.15, -0.1) is 0 Å². The van der Waals surface area contributed by atoms with Crippen molar-refractivity contribution in [1.82, 2.24) is 19.9 Å². The fourth-order valence-electron chi connectivity index (χ4n) is 2.05. The minimum Gasteiger partial charge on any atom is -0.491 e. The van der Waals surface area contributed by atoms with Crippen molar-refractivity contribution in [3.63, 3.8) is 0 Å². The average Bonchev–Trinajstić information content (AvgIpc) is 2.91. The lowest BCUT2D eigenvalue weighted by atomic mass is 10.2. The third-order valence-corrected chi connectivity index (χ3v) is 3.09. The molecule has 0 unspecified atom stereocenters. The van der Waals surface area contributed by atoms with Crippen LogP contribution in [0.5, 0.6) is 5.75 Å². The molecule has 2 aromatic rings. The van der Waals surface area contributed by atoms with Gasteiger partial charge in [-0.05, 0) is 12.5 Å². The van der Waals surface area contributed by atoms with E-state index >= 15 is 0 Å². The number of pyridine rings is 1. The zero-order valence-corrected chi connectivity index (χ0v) is 10.6. The number of aromatic amines is 1. The Balaban J connectivity index is 2.07. The van der Waals surface area contributed by atoms with Crippen LogP contribution in [-0.2, 0) is 0 Å². The maximum Gasteiger partial charge on any atom is 0.271 e. The van der Waals surface area contributed by atoms with Crippen LogP contribution in [0.3, 0.4) is 0 Å². The standard InChI is InChI=1S/C13H14N4O2/c1-17-5-2-6-19-11-8-14-4-3-9(11)12-15-7-10(16-12)13(17)18/h3-4,7-8H,2,5-6H2,1H3,(H,15,16). The molecular formula is C13H14N4O2. The predicted octanol–water partition coefficient (Wildman–Crippen LogP) is 1.33. The Hall–Kier alpha value is -2.37. The summed E-state index contributed by atoms with van der Waals surface area (Å²) < 4.78 is 5.71. The van der Waals surface area contributed by atoms with Gasteiger partial charge in [0, 0.05) is 19.8 Å². The van der Waals surface area contributed by atoms with E-state index in [2.05, 4.69) is 15.0 Å². The first kappa shape index (κ1) is 11.7. The number of hydrogen-bond acceptors (Lipinski definition) is 4. The predicted molar refractivity (Wildman–Crippen MR) is 68.9 cm³/mol. The molecule has 3 heterocycles. The smallest absolute Gasteiger partial charge is 0.271 e. The number of aromatic nitrogens is 3. The maximum atomic E-state index is 12.1. The number of fused-ring (bicyclic) bond motifs is 4. The van der Waals surface area contributed by atoms with Crippen molar-refractivity contribution in [2.75, 3.05) is 20.2 Å². The number of rotatable bonds is 0. The van der Waals surface area contributed by atoms with Crippen molar-refractivity contribution < 1.29 is 9.53 Å². The summed E-state index contributed by atoms with van der Waals surface area (Å²) in [5.41, 5.74) is 1.31. The summed E-state index contributed by atoms with van der Waals surface area (Å²) in [6.07, 6.45) is 5.68. The van der Waals surface area contributed by atoms with E-state index in [0.717, 1.165) is 12.0 Å². The van der Waals surface area contributed by atoms with Gasteiger partial charge in [0.15, 0.2) is 0 Å². The zero-order chi connectivity index (χ0) is 13.2. The van der Waals surface area contributed by atoms with Gasteiger partial charge in [-0.2, -0.15) is 0 Å². The topological polar surface area (TPSA) is 71.1 Å². The quantitative estimate of drug-likeness (QED) is 0.773. The van der Waals surface area contributed by atoms with Gasteiger partial charge in [0.05, 0.1) is 24.6 Å². The molecule has 1 N–H and O–H groups in total. The fourth-order valence-corrected chi connectivity index (χ4v) is 2.05. The normalized spacial score (nSPS) is 15.4. The van der Waals surface area contributed by atoms with Crippen LogP contribution in [0, 0.1) is 0 Å². The number of nitrogens with one attached hydrogen (secondary N) is 1. The number of amides is 1. The molecule has 0 aromatic carbocycles. The number of H-pyrrole nitrogens is 1. The molecule has 19 heavy (non-hydrogen) atoms. The monoisotopic (exact) mass is 258 g/mol. The highest BCUT2D eigenvalue weighted by Crippen LogP contribution is 2.27. The van der Waals surface area contributed by atoms with E-state index in [4.69, 9.17) is 4.74 Å². The van der Waals surface area contributed by atoms with Crippen LogP contribution < -0.4 is 4.74 Å². The Kier molecular flexibility index (Phi) is 2.91. The molecule has 0 spiro atoms. The third kappa shape index (κ3) is 2.16. The van der Waals surface area contributed by atoms with E-state index in [1.54, 1.807) is 30.5 Å². The summed E-state index contributed by atoms with van der Waals surface area (Å²) in [5, 5.41) is 0. The lowest BCUT2D eigenvalue weighted by molar-refractivity contribution is 0.0783. The van der Waals surface area contributed by atoms with E-state index in [0.29, 0.717) is 30.4 Å².